The summed E-state index contributed by atoms with van der Waals surface area (Å²) in [6.45, 7) is 1.85. The van der Waals surface area contributed by atoms with Gasteiger partial charge in [-0.25, -0.2) is 9.97 Å². The number of anilines is 1. The molecule has 10 heteroatoms. The molecule has 2 amide bonds. The molecule has 3 heterocycles. The van der Waals surface area contributed by atoms with Crippen LogP contribution in [0.4, 0.5) is 5.13 Å². The zero-order valence-corrected chi connectivity index (χ0v) is 21.1. The summed E-state index contributed by atoms with van der Waals surface area (Å²) in [7, 11) is 1.54. The first-order chi connectivity index (χ1) is 16.9. The van der Waals surface area contributed by atoms with E-state index in [9.17, 15) is 9.59 Å². The number of ether oxygens (including phenoxy) is 1. The molecule has 0 spiro atoms. The van der Waals surface area contributed by atoms with Crippen molar-refractivity contribution >= 4 is 39.9 Å². The number of hydrogen-bond donors (Lipinski definition) is 2. The van der Waals surface area contributed by atoms with Gasteiger partial charge in [0.2, 0.25) is 5.91 Å². The Morgan fingerprint density at radius 3 is 2.71 bits per heavy atom. The number of carbonyl (C=O) groups excluding carboxylic acids is 2. The summed E-state index contributed by atoms with van der Waals surface area (Å²) in [5.41, 5.74) is 3.39. The quantitative estimate of drug-likeness (QED) is 0.468. The third-order valence-electron chi connectivity index (χ3n) is 6.61. The van der Waals surface area contributed by atoms with E-state index < -0.39 is 0 Å². The van der Waals surface area contributed by atoms with Crippen molar-refractivity contribution < 1.29 is 14.3 Å². The third kappa shape index (κ3) is 5.01. The van der Waals surface area contributed by atoms with E-state index in [1.165, 1.54) is 24.0 Å². The van der Waals surface area contributed by atoms with Gasteiger partial charge in [-0.3, -0.25) is 19.9 Å². The lowest BCUT2D eigenvalue weighted by Gasteiger charge is -2.29. The Morgan fingerprint density at radius 1 is 1.14 bits per heavy atom. The number of carbonyl (C=O) groups is 2. The van der Waals surface area contributed by atoms with Gasteiger partial charge in [0.25, 0.3) is 5.91 Å². The predicted octanol–water partition coefficient (Wildman–Crippen LogP) is 4.60. The van der Waals surface area contributed by atoms with Gasteiger partial charge in [0.15, 0.2) is 5.13 Å². The maximum atomic E-state index is 13.3. The van der Waals surface area contributed by atoms with Crippen molar-refractivity contribution in [1.82, 2.24) is 20.3 Å². The topological polar surface area (TPSA) is 106 Å². The fourth-order valence-electron chi connectivity index (χ4n) is 4.44. The summed E-state index contributed by atoms with van der Waals surface area (Å²) in [6.07, 6.45) is 8.58. The van der Waals surface area contributed by atoms with Crippen LogP contribution in [0.25, 0.3) is 11.1 Å². The molecule has 3 aromatic heterocycles. The summed E-state index contributed by atoms with van der Waals surface area (Å²) in [5.74, 6) is 0.279. The first-order valence-electron chi connectivity index (χ1n) is 11.7. The largest absolute Gasteiger partial charge is 0.494 e. The summed E-state index contributed by atoms with van der Waals surface area (Å²) in [4.78, 5) is 40.0. The Morgan fingerprint density at radius 2 is 1.97 bits per heavy atom. The number of rotatable bonds is 6. The smallest absolute Gasteiger partial charge is 0.259 e. The second kappa shape index (κ2) is 9.91. The van der Waals surface area contributed by atoms with E-state index in [0.29, 0.717) is 45.2 Å². The summed E-state index contributed by atoms with van der Waals surface area (Å²) >= 11 is 7.57. The van der Waals surface area contributed by atoms with Crippen LogP contribution in [0.1, 0.15) is 52.3 Å². The fraction of sp³-hybridized carbons (Fsp3) is 0.400. The van der Waals surface area contributed by atoms with Crippen molar-refractivity contribution in [2.45, 2.75) is 51.5 Å². The van der Waals surface area contributed by atoms with Gasteiger partial charge in [0.05, 0.1) is 24.6 Å². The fourth-order valence-corrected chi connectivity index (χ4v) is 5.68. The number of nitrogens with one attached hydrogen (secondary N) is 2. The highest BCUT2D eigenvalue weighted by Crippen LogP contribution is 2.36. The highest BCUT2D eigenvalue weighted by molar-refractivity contribution is 7.15. The summed E-state index contributed by atoms with van der Waals surface area (Å²) < 4.78 is 5.45. The molecule has 0 aromatic carbocycles. The SMILES string of the molecule is COc1cnc(Cl)cc1-c1cc(C)ncc1C(=O)Nc1nc2c(s1)C[C@H](C(=O)NC1CCC1)CC2. The summed E-state index contributed by atoms with van der Waals surface area (Å²) in [5, 5.41) is 6.91. The number of aryl methyl sites for hydroxylation is 2. The van der Waals surface area contributed by atoms with E-state index in [2.05, 4.69) is 25.6 Å². The second-order valence-corrected chi connectivity index (χ2v) is 10.5. The van der Waals surface area contributed by atoms with Crippen LogP contribution in [0.3, 0.4) is 0 Å². The first-order valence-corrected chi connectivity index (χ1v) is 12.9. The number of halogens is 1. The Bertz CT molecular complexity index is 1290. The van der Waals surface area contributed by atoms with Crippen molar-refractivity contribution in [2.24, 2.45) is 5.92 Å². The molecular formula is C25H26ClN5O3S. The minimum Gasteiger partial charge on any atom is -0.494 e. The molecule has 0 aliphatic heterocycles. The van der Waals surface area contributed by atoms with Crippen molar-refractivity contribution in [3.63, 3.8) is 0 Å². The normalized spacial score (nSPS) is 17.3. The van der Waals surface area contributed by atoms with Gasteiger partial charge in [-0.2, -0.15) is 0 Å². The van der Waals surface area contributed by atoms with Gasteiger partial charge in [0.1, 0.15) is 10.9 Å². The van der Waals surface area contributed by atoms with E-state index in [1.807, 2.05) is 13.0 Å². The molecule has 1 fully saturated rings. The third-order valence-corrected chi connectivity index (χ3v) is 7.85. The Labute approximate surface area is 212 Å². The van der Waals surface area contributed by atoms with Gasteiger partial charge >= 0.3 is 0 Å². The number of hydrogen-bond acceptors (Lipinski definition) is 7. The van der Waals surface area contributed by atoms with Gasteiger partial charge < -0.3 is 10.1 Å². The molecule has 3 aromatic rings. The molecule has 182 valence electrons. The predicted molar refractivity (Wildman–Crippen MR) is 135 cm³/mol. The summed E-state index contributed by atoms with van der Waals surface area (Å²) in [6, 6.07) is 3.83. The minimum absolute atomic E-state index is 0.0380. The number of pyridine rings is 2. The number of aromatic nitrogens is 3. The van der Waals surface area contributed by atoms with Crippen LogP contribution < -0.4 is 15.4 Å². The molecule has 35 heavy (non-hydrogen) atoms. The van der Waals surface area contributed by atoms with Crippen LogP contribution in [-0.4, -0.2) is 39.9 Å². The van der Waals surface area contributed by atoms with Crippen LogP contribution in [0, 0.1) is 12.8 Å². The van der Waals surface area contributed by atoms with Crippen molar-refractivity contribution in [3.05, 3.63) is 51.5 Å². The first kappa shape index (κ1) is 23.7. The number of fused-ring (bicyclic) bond motifs is 1. The lowest BCUT2D eigenvalue weighted by molar-refractivity contribution is -0.126. The van der Waals surface area contributed by atoms with Crippen LogP contribution in [0.5, 0.6) is 5.75 Å². The van der Waals surface area contributed by atoms with E-state index >= 15 is 0 Å². The van der Waals surface area contributed by atoms with Crippen molar-refractivity contribution in [1.29, 1.82) is 0 Å². The molecule has 0 bridgehead atoms. The molecule has 0 radical (unpaired) electrons. The molecule has 2 aliphatic rings. The zero-order valence-electron chi connectivity index (χ0n) is 19.6. The van der Waals surface area contributed by atoms with Gasteiger partial charge in [-0.05, 0) is 57.6 Å². The van der Waals surface area contributed by atoms with E-state index in [4.69, 9.17) is 16.3 Å². The van der Waals surface area contributed by atoms with Crippen LogP contribution in [0.15, 0.2) is 24.5 Å². The van der Waals surface area contributed by atoms with Crippen LogP contribution in [-0.2, 0) is 17.6 Å². The molecule has 0 unspecified atom stereocenters. The monoisotopic (exact) mass is 511 g/mol. The number of amides is 2. The number of thiazole rings is 1. The lowest BCUT2D eigenvalue weighted by Crippen LogP contribution is -2.43. The zero-order chi connectivity index (χ0) is 24.5. The standard InChI is InChI=1S/C25H26ClN5O3S/c1-13-8-16(17-10-22(26)28-12-20(17)34-2)18(11-27-13)24(33)31-25-30-19-7-6-14(9-21(19)35-25)23(32)29-15-4-3-5-15/h8,10-12,14-15H,3-7,9H2,1-2H3,(H,29,32)(H,30,31,33)/t14-/m1/s1. The van der Waals surface area contributed by atoms with Crippen LogP contribution in [0.2, 0.25) is 5.15 Å². The molecule has 1 saturated carbocycles. The molecular weight excluding hydrogens is 486 g/mol. The number of methoxy groups -OCH3 is 1. The lowest BCUT2D eigenvalue weighted by atomic mass is 9.88. The maximum absolute atomic E-state index is 13.3. The Hall–Kier alpha value is -3.04. The molecule has 2 aliphatic carbocycles. The number of nitrogens with zero attached hydrogens (tertiary/aromatic N) is 3. The van der Waals surface area contributed by atoms with E-state index in [-0.39, 0.29) is 17.7 Å². The average Bonchev–Trinajstić information content (AvgIpc) is 3.22. The molecule has 2 N–H and O–H groups in total. The second-order valence-electron chi connectivity index (χ2n) is 9.00. The highest BCUT2D eigenvalue weighted by atomic mass is 35.5. The van der Waals surface area contributed by atoms with Gasteiger partial charge in [0, 0.05) is 39.9 Å². The van der Waals surface area contributed by atoms with Crippen molar-refractivity contribution in [3.8, 4) is 16.9 Å². The Balaban J connectivity index is 1.35. The maximum Gasteiger partial charge on any atom is 0.259 e. The molecule has 5 rings (SSSR count). The van der Waals surface area contributed by atoms with Crippen LogP contribution >= 0.6 is 22.9 Å². The van der Waals surface area contributed by atoms with Gasteiger partial charge in [-0.15, -0.1) is 11.3 Å². The van der Waals surface area contributed by atoms with E-state index in [1.54, 1.807) is 19.4 Å². The van der Waals surface area contributed by atoms with Gasteiger partial charge in [-0.1, -0.05) is 11.6 Å². The van der Waals surface area contributed by atoms with Crippen molar-refractivity contribution in [2.75, 3.05) is 12.4 Å². The minimum atomic E-state index is -0.326. The van der Waals surface area contributed by atoms with E-state index in [0.717, 1.165) is 41.9 Å². The molecule has 8 nitrogen and oxygen atoms in total. The Kier molecular flexibility index (Phi) is 6.71. The highest BCUT2D eigenvalue weighted by Gasteiger charge is 2.30. The molecule has 1 atom stereocenters. The molecule has 0 saturated heterocycles. The average molecular weight is 512 g/mol.